The van der Waals surface area contributed by atoms with Crippen LogP contribution in [0, 0.1) is 5.82 Å². The normalized spacial score (nSPS) is 10.2. The smallest absolute Gasteiger partial charge is 0.262 e. The summed E-state index contributed by atoms with van der Waals surface area (Å²) in [6, 6.07) is 11.2. The number of rotatable bonds is 5. The van der Waals surface area contributed by atoms with Crippen molar-refractivity contribution in [2.45, 2.75) is 6.61 Å². The van der Waals surface area contributed by atoms with E-state index in [2.05, 4.69) is 21.2 Å². The van der Waals surface area contributed by atoms with Gasteiger partial charge in [0.25, 0.3) is 5.91 Å². The van der Waals surface area contributed by atoms with Crippen molar-refractivity contribution in [1.29, 1.82) is 0 Å². The van der Waals surface area contributed by atoms with Crippen LogP contribution < -0.4 is 10.1 Å². The molecule has 2 aromatic carbocycles. The Kier molecular flexibility index (Phi) is 5.30. The fourth-order valence-electron chi connectivity index (χ4n) is 1.71. The van der Waals surface area contributed by atoms with E-state index in [1.54, 1.807) is 24.3 Å². The number of ether oxygens (including phenoxy) is 1. The molecular formula is C15H13BrFNO3. The van der Waals surface area contributed by atoms with Crippen LogP contribution in [0.3, 0.4) is 0 Å². The Bertz CT molecular complexity index is 631. The zero-order valence-electron chi connectivity index (χ0n) is 11.0. The third kappa shape index (κ3) is 4.27. The van der Waals surface area contributed by atoms with E-state index in [-0.39, 0.29) is 19.0 Å². The van der Waals surface area contributed by atoms with Crippen molar-refractivity contribution >= 4 is 27.5 Å². The first-order valence-corrected chi connectivity index (χ1v) is 6.96. The summed E-state index contributed by atoms with van der Waals surface area (Å²) in [6.45, 7) is -0.703. The first-order valence-electron chi connectivity index (χ1n) is 6.16. The summed E-state index contributed by atoms with van der Waals surface area (Å²) in [5.74, 6) is -1.13. The number of amides is 1. The molecule has 6 heteroatoms. The molecule has 1 amide bonds. The maximum Gasteiger partial charge on any atom is 0.262 e. The Morgan fingerprint density at radius 1 is 1.24 bits per heavy atom. The molecule has 4 nitrogen and oxygen atoms in total. The van der Waals surface area contributed by atoms with Crippen LogP contribution >= 0.6 is 15.9 Å². The second kappa shape index (κ2) is 7.19. The maximum absolute atomic E-state index is 13.6. The van der Waals surface area contributed by atoms with Crippen molar-refractivity contribution in [3.8, 4) is 5.75 Å². The summed E-state index contributed by atoms with van der Waals surface area (Å²) in [5, 5.41) is 11.7. The van der Waals surface area contributed by atoms with Gasteiger partial charge in [0.1, 0.15) is 0 Å². The highest BCUT2D eigenvalue weighted by molar-refractivity contribution is 9.10. The predicted molar refractivity (Wildman–Crippen MR) is 80.6 cm³/mol. The molecule has 2 N–H and O–H groups in total. The van der Waals surface area contributed by atoms with Gasteiger partial charge in [-0.15, -0.1) is 0 Å². The lowest BCUT2D eigenvalue weighted by molar-refractivity contribution is -0.118. The number of aliphatic hydroxyl groups excluding tert-OH is 1. The van der Waals surface area contributed by atoms with Gasteiger partial charge in [-0.25, -0.2) is 4.39 Å². The maximum atomic E-state index is 13.6. The third-order valence-electron chi connectivity index (χ3n) is 2.69. The standard InChI is InChI=1S/C15H13BrFNO3/c16-11-4-6-12(7-5-11)18-14(20)9-21-15-10(8-19)2-1-3-13(15)17/h1-7,19H,8-9H2,(H,18,20). The first-order chi connectivity index (χ1) is 10.1. The Morgan fingerprint density at radius 3 is 2.62 bits per heavy atom. The molecule has 0 unspecified atom stereocenters. The van der Waals surface area contributed by atoms with Gasteiger partial charge in [0.15, 0.2) is 18.2 Å². The monoisotopic (exact) mass is 353 g/mol. The number of carbonyl (C=O) groups is 1. The van der Waals surface area contributed by atoms with Crippen molar-refractivity contribution in [1.82, 2.24) is 0 Å². The number of anilines is 1. The van der Waals surface area contributed by atoms with Gasteiger partial charge in [-0.1, -0.05) is 28.1 Å². The van der Waals surface area contributed by atoms with Crippen molar-refractivity contribution in [2.75, 3.05) is 11.9 Å². The van der Waals surface area contributed by atoms with Crippen LogP contribution in [0.5, 0.6) is 5.75 Å². The molecule has 0 aliphatic heterocycles. The van der Waals surface area contributed by atoms with E-state index in [0.29, 0.717) is 11.3 Å². The van der Waals surface area contributed by atoms with Gasteiger partial charge >= 0.3 is 0 Å². The lowest BCUT2D eigenvalue weighted by atomic mass is 10.2. The molecule has 0 aliphatic carbocycles. The second-order valence-electron chi connectivity index (χ2n) is 4.23. The van der Waals surface area contributed by atoms with Crippen LogP contribution in [0.2, 0.25) is 0 Å². The second-order valence-corrected chi connectivity index (χ2v) is 5.15. The van der Waals surface area contributed by atoms with Gasteiger partial charge < -0.3 is 15.2 Å². The van der Waals surface area contributed by atoms with Crippen molar-refractivity contribution in [3.05, 3.63) is 58.3 Å². The molecule has 0 aromatic heterocycles. The minimum Gasteiger partial charge on any atom is -0.480 e. The number of para-hydroxylation sites is 1. The van der Waals surface area contributed by atoms with Crippen molar-refractivity contribution in [3.63, 3.8) is 0 Å². The average Bonchev–Trinajstić information content (AvgIpc) is 2.48. The molecule has 0 heterocycles. The van der Waals surface area contributed by atoms with Crippen molar-refractivity contribution in [2.24, 2.45) is 0 Å². The van der Waals surface area contributed by atoms with E-state index in [9.17, 15) is 9.18 Å². The highest BCUT2D eigenvalue weighted by Gasteiger charge is 2.11. The summed E-state index contributed by atoms with van der Waals surface area (Å²) < 4.78 is 19.6. The molecule has 0 radical (unpaired) electrons. The Balaban J connectivity index is 1.97. The van der Waals surface area contributed by atoms with E-state index in [0.717, 1.165) is 4.47 Å². The average molecular weight is 354 g/mol. The summed E-state index contributed by atoms with van der Waals surface area (Å²) in [5.41, 5.74) is 0.911. The van der Waals surface area contributed by atoms with Crippen LogP contribution in [0.4, 0.5) is 10.1 Å². The zero-order chi connectivity index (χ0) is 15.2. The SMILES string of the molecule is O=C(COc1c(F)cccc1CO)Nc1ccc(Br)cc1. The van der Waals surface area contributed by atoms with Gasteiger partial charge in [0.05, 0.1) is 6.61 Å². The molecule has 0 spiro atoms. The largest absolute Gasteiger partial charge is 0.480 e. The van der Waals surface area contributed by atoms with Crippen LogP contribution in [0.15, 0.2) is 46.9 Å². The lowest BCUT2D eigenvalue weighted by Gasteiger charge is -2.11. The summed E-state index contributed by atoms with van der Waals surface area (Å²) >= 11 is 3.29. The highest BCUT2D eigenvalue weighted by atomic mass is 79.9. The van der Waals surface area contributed by atoms with Gasteiger partial charge in [-0.05, 0) is 30.3 Å². The Hall–Kier alpha value is -1.92. The highest BCUT2D eigenvalue weighted by Crippen LogP contribution is 2.22. The lowest BCUT2D eigenvalue weighted by Crippen LogP contribution is -2.20. The molecule has 0 saturated carbocycles. The van der Waals surface area contributed by atoms with Gasteiger partial charge in [-0.3, -0.25) is 4.79 Å². The molecule has 0 aliphatic rings. The van der Waals surface area contributed by atoms with E-state index in [1.807, 2.05) is 0 Å². The minimum atomic E-state index is -0.613. The van der Waals surface area contributed by atoms with Crippen LogP contribution in [0.25, 0.3) is 0 Å². The van der Waals surface area contributed by atoms with Crippen LogP contribution in [-0.4, -0.2) is 17.6 Å². The molecule has 2 aromatic rings. The number of benzene rings is 2. The Labute approximate surface area is 129 Å². The summed E-state index contributed by atoms with van der Waals surface area (Å²) in [7, 11) is 0. The summed E-state index contributed by atoms with van der Waals surface area (Å²) in [6.07, 6.45) is 0. The van der Waals surface area contributed by atoms with E-state index in [1.165, 1.54) is 18.2 Å². The van der Waals surface area contributed by atoms with E-state index in [4.69, 9.17) is 9.84 Å². The van der Waals surface area contributed by atoms with E-state index < -0.39 is 11.7 Å². The molecule has 2 rings (SSSR count). The van der Waals surface area contributed by atoms with Crippen LogP contribution in [-0.2, 0) is 11.4 Å². The minimum absolute atomic E-state index is 0.106. The molecule has 21 heavy (non-hydrogen) atoms. The molecule has 0 fully saturated rings. The first kappa shape index (κ1) is 15.5. The number of aliphatic hydroxyl groups is 1. The third-order valence-corrected chi connectivity index (χ3v) is 3.22. The summed E-state index contributed by atoms with van der Waals surface area (Å²) in [4.78, 5) is 11.7. The number of hydrogen-bond donors (Lipinski definition) is 2. The van der Waals surface area contributed by atoms with Crippen molar-refractivity contribution < 1.29 is 19.0 Å². The van der Waals surface area contributed by atoms with Gasteiger partial charge in [0, 0.05) is 15.7 Å². The molecule has 0 saturated heterocycles. The fourth-order valence-corrected chi connectivity index (χ4v) is 1.97. The van der Waals surface area contributed by atoms with E-state index >= 15 is 0 Å². The van der Waals surface area contributed by atoms with Gasteiger partial charge in [0.2, 0.25) is 0 Å². The number of halogens is 2. The number of nitrogens with one attached hydrogen (secondary N) is 1. The molecule has 110 valence electrons. The predicted octanol–water partition coefficient (Wildman–Crippen LogP) is 3.10. The van der Waals surface area contributed by atoms with Gasteiger partial charge in [-0.2, -0.15) is 0 Å². The number of carbonyl (C=O) groups excluding carboxylic acids is 1. The quantitative estimate of drug-likeness (QED) is 0.868. The molecule has 0 bridgehead atoms. The fraction of sp³-hybridized carbons (Fsp3) is 0.133. The van der Waals surface area contributed by atoms with Crippen LogP contribution in [0.1, 0.15) is 5.56 Å². The Morgan fingerprint density at radius 2 is 1.95 bits per heavy atom. The zero-order valence-corrected chi connectivity index (χ0v) is 12.6. The topological polar surface area (TPSA) is 58.6 Å². The molecular weight excluding hydrogens is 341 g/mol. The number of hydrogen-bond acceptors (Lipinski definition) is 3. The molecule has 0 atom stereocenters.